The predicted octanol–water partition coefficient (Wildman–Crippen LogP) is 7.13. The number of hydrogen-bond acceptors (Lipinski definition) is 4. The lowest BCUT2D eigenvalue weighted by Crippen LogP contribution is -2.38. The number of amides is 1. The summed E-state index contributed by atoms with van der Waals surface area (Å²) in [4.78, 5) is 20.9. The number of piperidine rings is 1. The van der Waals surface area contributed by atoms with Crippen LogP contribution in [0, 0.1) is 29.4 Å². The largest absolute Gasteiger partial charge is 0.503 e. The summed E-state index contributed by atoms with van der Waals surface area (Å²) in [5.74, 6) is 0.0707. The molecule has 1 aliphatic heterocycles. The number of aromatic hydroxyl groups is 1. The van der Waals surface area contributed by atoms with Gasteiger partial charge in [0.25, 0.3) is 5.91 Å². The lowest BCUT2D eigenvalue weighted by atomic mass is 10.0. The second-order valence-corrected chi connectivity index (χ2v) is 12.9. The number of carbonyl (C=O) groups is 1. The fourth-order valence-electron chi connectivity index (χ4n) is 7.65. The van der Waals surface area contributed by atoms with Gasteiger partial charge in [-0.2, -0.15) is 0 Å². The third-order valence-corrected chi connectivity index (χ3v) is 10.3. The summed E-state index contributed by atoms with van der Waals surface area (Å²) in [6, 6.07) is 14.1. The van der Waals surface area contributed by atoms with Gasteiger partial charge in [0.1, 0.15) is 11.3 Å². The van der Waals surface area contributed by atoms with Crippen LogP contribution < -0.4 is 4.74 Å². The molecule has 226 valence electrons. The lowest BCUT2D eigenvalue weighted by molar-refractivity contribution is 0.0696. The van der Waals surface area contributed by atoms with Crippen molar-refractivity contribution >= 4 is 27.8 Å². The van der Waals surface area contributed by atoms with Gasteiger partial charge in [-0.15, -0.1) is 0 Å². The van der Waals surface area contributed by atoms with E-state index in [-0.39, 0.29) is 11.5 Å². The topological polar surface area (TPSA) is 72.5 Å². The Kier molecular flexibility index (Phi) is 6.06. The monoisotopic (exact) mass is 596 g/mol. The van der Waals surface area contributed by atoms with Crippen LogP contribution in [0.2, 0.25) is 0 Å². The normalized spacial score (nSPS) is 21.2. The van der Waals surface area contributed by atoms with Gasteiger partial charge in [-0.1, -0.05) is 19.1 Å². The van der Waals surface area contributed by atoms with Crippen LogP contribution in [-0.2, 0) is 13.6 Å². The van der Waals surface area contributed by atoms with Gasteiger partial charge in [-0.3, -0.25) is 4.79 Å². The Morgan fingerprint density at radius 2 is 1.89 bits per heavy atom. The first-order valence-corrected chi connectivity index (χ1v) is 15.4. The van der Waals surface area contributed by atoms with E-state index in [0.717, 1.165) is 66.4 Å². The van der Waals surface area contributed by atoms with E-state index in [1.165, 1.54) is 12.5 Å². The Balaban J connectivity index is 1.25. The highest BCUT2D eigenvalue weighted by Gasteiger charge is 2.46. The van der Waals surface area contributed by atoms with E-state index in [2.05, 4.69) is 17.6 Å². The average molecular weight is 597 g/mol. The van der Waals surface area contributed by atoms with Crippen LogP contribution in [0.1, 0.15) is 43.0 Å². The minimum absolute atomic E-state index is 0.0332. The van der Waals surface area contributed by atoms with E-state index >= 15 is 0 Å². The number of carbonyl (C=O) groups excluding carboxylic acids is 1. The smallest absolute Gasteiger partial charge is 0.254 e. The molecule has 1 saturated heterocycles. The molecule has 3 atom stereocenters. The number of phenols is 1. The Morgan fingerprint density at radius 1 is 1.07 bits per heavy atom. The molecule has 3 fully saturated rings. The standard InChI is InChI=1S/C35H34F2N4O3/c1-18-22-8-11-27(18)41(17-22)35(43)23-12-26-32(30(15-23)44-3)39(2)34(38-26)29-14-21-7-6-20(13-28(21)40(29)16-19-4-5-19)24-9-10-25(36)33(42)31(24)37/h6-7,9-10,12-15,18-19,22,27,42H,4-5,8,11,16-17H2,1-3H3/t18-,22?,27?/m1/s1. The number of nitrogens with zero attached hydrogens (tertiary/aromatic N) is 4. The van der Waals surface area contributed by atoms with Crippen LogP contribution in [0.15, 0.2) is 48.5 Å². The summed E-state index contributed by atoms with van der Waals surface area (Å²) in [7, 11) is 3.57. The zero-order valence-electron chi connectivity index (χ0n) is 25.0. The molecule has 0 spiro atoms. The first-order valence-electron chi connectivity index (χ1n) is 15.4. The minimum atomic E-state index is -0.990. The highest BCUT2D eigenvalue weighted by Crippen LogP contribution is 2.44. The number of benzene rings is 3. The van der Waals surface area contributed by atoms with Crippen molar-refractivity contribution in [2.75, 3.05) is 13.7 Å². The number of halogens is 2. The molecule has 3 heterocycles. The highest BCUT2D eigenvalue weighted by molar-refractivity contribution is 6.00. The van der Waals surface area contributed by atoms with Crippen LogP contribution in [0.3, 0.4) is 0 Å². The third kappa shape index (κ3) is 4.04. The Morgan fingerprint density at radius 3 is 2.59 bits per heavy atom. The van der Waals surface area contributed by atoms with Crippen molar-refractivity contribution in [2.24, 2.45) is 24.8 Å². The molecule has 2 bridgehead atoms. The quantitative estimate of drug-likeness (QED) is 0.226. The second-order valence-electron chi connectivity index (χ2n) is 12.9. The van der Waals surface area contributed by atoms with Crippen LogP contribution >= 0.6 is 0 Å². The lowest BCUT2D eigenvalue weighted by Gasteiger charge is -2.27. The molecule has 0 radical (unpaired) electrons. The number of imidazole rings is 1. The van der Waals surface area contributed by atoms with Crippen molar-refractivity contribution in [2.45, 2.75) is 45.2 Å². The van der Waals surface area contributed by atoms with E-state index in [4.69, 9.17) is 9.72 Å². The molecule has 1 amide bonds. The molecule has 2 unspecified atom stereocenters. The van der Waals surface area contributed by atoms with Crippen molar-refractivity contribution in [1.29, 1.82) is 0 Å². The molecule has 2 aromatic heterocycles. The predicted molar refractivity (Wildman–Crippen MR) is 165 cm³/mol. The van der Waals surface area contributed by atoms with E-state index in [1.54, 1.807) is 13.2 Å². The summed E-state index contributed by atoms with van der Waals surface area (Å²) in [5.41, 5.74) is 4.58. The van der Waals surface area contributed by atoms with E-state index in [0.29, 0.717) is 46.2 Å². The second kappa shape index (κ2) is 9.81. The van der Waals surface area contributed by atoms with Gasteiger partial charge in [-0.25, -0.2) is 13.8 Å². The molecule has 1 N–H and O–H groups in total. The minimum Gasteiger partial charge on any atom is -0.503 e. The molecule has 5 aromatic rings. The van der Waals surface area contributed by atoms with Crippen LogP contribution in [0.4, 0.5) is 8.78 Å². The number of methoxy groups -OCH3 is 1. The van der Waals surface area contributed by atoms with Gasteiger partial charge >= 0.3 is 0 Å². The fraction of sp³-hybridized carbons (Fsp3) is 0.371. The molecule has 3 aliphatic rings. The van der Waals surface area contributed by atoms with Crippen molar-refractivity contribution in [3.8, 4) is 34.1 Å². The number of likely N-dealkylation sites (tertiary alicyclic amines) is 1. The summed E-state index contributed by atoms with van der Waals surface area (Å²) >= 11 is 0. The Hall–Kier alpha value is -4.40. The molecule has 7 nitrogen and oxygen atoms in total. The van der Waals surface area contributed by atoms with Crippen molar-refractivity contribution < 1.29 is 23.4 Å². The number of fused-ring (bicyclic) bond motifs is 4. The van der Waals surface area contributed by atoms with Crippen LogP contribution in [0.25, 0.3) is 44.6 Å². The van der Waals surface area contributed by atoms with Gasteiger partial charge in [0.05, 0.1) is 18.3 Å². The third-order valence-electron chi connectivity index (χ3n) is 10.3. The number of aromatic nitrogens is 3. The SMILES string of the molecule is COc1cc(C(=O)N2CC3CCC2[C@@H]3C)cc2nc(-c3cc4ccc(-c5ccc(F)c(O)c5F)cc4n3CC3CC3)n(C)c12. The molecular weight excluding hydrogens is 562 g/mol. The Labute approximate surface area is 253 Å². The number of phenolic OH excluding ortho intramolecular Hbond substituents is 1. The number of ether oxygens (including phenoxy) is 1. The first-order chi connectivity index (χ1) is 21.2. The van der Waals surface area contributed by atoms with Crippen molar-refractivity contribution in [1.82, 2.24) is 19.0 Å². The summed E-state index contributed by atoms with van der Waals surface area (Å²) in [5, 5.41) is 10.9. The number of rotatable bonds is 6. The molecule has 9 heteroatoms. The van der Waals surface area contributed by atoms with Crippen molar-refractivity contribution in [3.05, 3.63) is 65.7 Å². The van der Waals surface area contributed by atoms with Gasteiger partial charge in [0, 0.05) is 48.2 Å². The maximum Gasteiger partial charge on any atom is 0.254 e. The highest BCUT2D eigenvalue weighted by atomic mass is 19.1. The van der Waals surface area contributed by atoms with Gasteiger partial charge < -0.3 is 23.9 Å². The first kappa shape index (κ1) is 27.2. The molecule has 8 rings (SSSR count). The zero-order valence-corrected chi connectivity index (χ0v) is 25.0. The Bertz CT molecular complexity index is 1990. The fourth-order valence-corrected chi connectivity index (χ4v) is 7.65. The number of hydrogen-bond donors (Lipinski definition) is 1. The summed E-state index contributed by atoms with van der Waals surface area (Å²) in [6.45, 7) is 3.84. The van der Waals surface area contributed by atoms with Gasteiger partial charge in [-0.05, 0) is 85.4 Å². The summed E-state index contributed by atoms with van der Waals surface area (Å²) in [6.07, 6.45) is 4.53. The maximum absolute atomic E-state index is 14.9. The molecule has 2 aliphatic carbocycles. The van der Waals surface area contributed by atoms with E-state index < -0.39 is 17.4 Å². The molecule has 3 aromatic carbocycles. The maximum atomic E-state index is 14.9. The average Bonchev–Trinajstić information content (AvgIpc) is 3.43. The molecule has 44 heavy (non-hydrogen) atoms. The van der Waals surface area contributed by atoms with E-state index in [1.807, 2.05) is 40.8 Å². The molecule has 2 saturated carbocycles. The zero-order chi connectivity index (χ0) is 30.4. The van der Waals surface area contributed by atoms with Gasteiger partial charge in [0.15, 0.2) is 23.2 Å². The van der Waals surface area contributed by atoms with Crippen molar-refractivity contribution in [3.63, 3.8) is 0 Å². The van der Waals surface area contributed by atoms with Crippen LogP contribution in [-0.4, -0.2) is 49.7 Å². The number of aryl methyl sites for hydroxylation is 1. The van der Waals surface area contributed by atoms with E-state index in [9.17, 15) is 18.7 Å². The van der Waals surface area contributed by atoms with Crippen LogP contribution in [0.5, 0.6) is 11.5 Å². The molecular formula is C35H34F2N4O3. The van der Waals surface area contributed by atoms with Gasteiger partial charge in [0.2, 0.25) is 0 Å². The summed E-state index contributed by atoms with van der Waals surface area (Å²) < 4.78 is 38.7.